The zero-order chi connectivity index (χ0) is 67.4. The minimum atomic E-state index is -0.954. The molecular formula is C90H153BN2O4PPt2-2. The van der Waals surface area contributed by atoms with Crippen molar-refractivity contribution in [3.8, 4) is 0 Å². The van der Waals surface area contributed by atoms with Crippen LogP contribution in [0.15, 0.2) is 84.0 Å². The summed E-state index contributed by atoms with van der Waals surface area (Å²) in [4.78, 5) is 0. The van der Waals surface area contributed by atoms with E-state index in [9.17, 15) is 0 Å². The number of allylic oxidation sites excluding steroid dienone is 2. The van der Waals surface area contributed by atoms with Crippen molar-refractivity contribution in [2.45, 2.75) is 326 Å². The second-order valence-electron chi connectivity index (χ2n) is 36.2. The molecule has 577 valence electrons. The Morgan fingerprint density at radius 3 is 1.20 bits per heavy atom. The van der Waals surface area contributed by atoms with Gasteiger partial charge in [0.1, 0.15) is 0 Å². The Morgan fingerprint density at radius 1 is 0.480 bits per heavy atom. The molecule has 0 amide bonds. The molecule has 10 aliphatic carbocycles. The quantitative estimate of drug-likeness (QED) is 0.0534. The van der Waals surface area contributed by atoms with E-state index < -0.39 is 7.92 Å². The van der Waals surface area contributed by atoms with Gasteiger partial charge < -0.3 is 52.7 Å². The molecule has 100 heavy (non-hydrogen) atoms. The van der Waals surface area contributed by atoms with Crippen molar-refractivity contribution in [3.05, 3.63) is 116 Å². The van der Waals surface area contributed by atoms with Crippen molar-refractivity contribution in [1.82, 2.24) is 0 Å². The molecule has 2 aromatic carbocycles. The van der Waals surface area contributed by atoms with Gasteiger partial charge in [-0.2, -0.15) is 23.9 Å². The Balaban J connectivity index is 0.000000413. The fraction of sp³-hybridized carbons (Fsp3) is 0.789. The Kier molecular flexibility index (Phi) is 40.9. The van der Waals surface area contributed by atoms with Crippen LogP contribution >= 0.6 is 7.92 Å². The molecule has 0 aliphatic heterocycles. The van der Waals surface area contributed by atoms with Gasteiger partial charge in [-0.3, -0.25) is 0 Å². The van der Waals surface area contributed by atoms with Crippen molar-refractivity contribution in [2.24, 2.45) is 110 Å². The maximum Gasteiger partial charge on any atom is 2.00 e. The molecule has 2 aromatic rings. The average Bonchev–Trinajstić information content (AvgIpc) is 1.48. The molecule has 0 heterocycles. The van der Waals surface area contributed by atoms with Crippen LogP contribution in [0.1, 0.15) is 296 Å². The third-order valence-corrected chi connectivity index (χ3v) is 31.8. The van der Waals surface area contributed by atoms with E-state index in [2.05, 4.69) is 170 Å². The molecule has 0 spiro atoms. The molecule has 10 aliphatic rings. The summed E-state index contributed by atoms with van der Waals surface area (Å²) in [5.74, 6) is 12.6. The summed E-state index contributed by atoms with van der Waals surface area (Å²) in [5, 5.41) is 2.92. The molecule has 5 unspecified atom stereocenters. The number of nitrogens with one attached hydrogen (secondary N) is 2. The SMILES string of the molecule is C.CC(C)CCC[C@@H](C)[C@H]1CC[C@H]2[C@@H]3CC=C4C[C@@H](OCCC(C)C)CC[C@]4(C)[C@H]3CC[C@]12C.O.O.[B].[CH2-]C(CCO[C@H]1CC[C@@]2(C)C(=CC[C@H]3[C@@H]4CC[C@H]([C@H](C)CCCC(C)C)[C@@]4(C)CC[C@@H]32)C1)[PH+](c1ccccc1)c1ccccc1.[CH2-]C1CCCCC1[NH-].[CH2-]C1CCCCC1[NH-].[Pt+2].[Pt]. The third kappa shape index (κ3) is 23.3. The number of fused-ring (bicyclic) bond motifs is 10. The molecule has 0 bridgehead atoms. The summed E-state index contributed by atoms with van der Waals surface area (Å²) in [7, 11) is -0.954. The normalized spacial score (nSPS) is 35.4. The second-order valence-corrected chi connectivity index (χ2v) is 39.0. The fourth-order valence-electron chi connectivity index (χ4n) is 22.9. The van der Waals surface area contributed by atoms with Gasteiger partial charge >= 0.3 is 21.1 Å². The number of ether oxygens (including phenoxy) is 2. The van der Waals surface area contributed by atoms with Crippen molar-refractivity contribution in [2.75, 3.05) is 13.2 Å². The van der Waals surface area contributed by atoms with Crippen molar-refractivity contribution < 1.29 is 62.6 Å². The predicted octanol–water partition coefficient (Wildman–Crippen LogP) is 23.8. The van der Waals surface area contributed by atoms with Crippen molar-refractivity contribution >= 4 is 26.9 Å². The first kappa shape index (κ1) is 93.8. The zero-order valence-corrected chi connectivity index (χ0v) is 70.7. The molecule has 21 atom stereocenters. The summed E-state index contributed by atoms with van der Waals surface area (Å²) in [6, 6.07) is 22.5. The van der Waals surface area contributed by atoms with Gasteiger partial charge in [0.05, 0.1) is 22.8 Å². The van der Waals surface area contributed by atoms with Crippen LogP contribution in [0, 0.1) is 131 Å². The van der Waals surface area contributed by atoms with Crippen LogP contribution in [0.5, 0.6) is 0 Å². The summed E-state index contributed by atoms with van der Waals surface area (Å²) >= 11 is 0. The van der Waals surface area contributed by atoms with Crippen LogP contribution in [0.25, 0.3) is 11.5 Å². The van der Waals surface area contributed by atoms with Gasteiger partial charge in [0.15, 0.2) is 0 Å². The van der Waals surface area contributed by atoms with E-state index in [-0.39, 0.29) is 81.0 Å². The van der Waals surface area contributed by atoms with E-state index in [1.54, 1.807) is 11.1 Å². The van der Waals surface area contributed by atoms with Gasteiger partial charge in [-0.15, -0.1) is 0 Å². The zero-order valence-electron chi connectivity index (χ0n) is 65.2. The van der Waals surface area contributed by atoms with Gasteiger partial charge in [0.2, 0.25) is 0 Å². The van der Waals surface area contributed by atoms with Gasteiger partial charge in [-0.25, -0.2) is 0 Å². The minimum Gasteiger partial charge on any atom is -0.677 e. The van der Waals surface area contributed by atoms with Gasteiger partial charge in [-0.1, -0.05) is 240 Å². The molecule has 6 N–H and O–H groups in total. The second kappa shape index (κ2) is 43.7. The van der Waals surface area contributed by atoms with Gasteiger partial charge in [-0.05, 0) is 244 Å². The molecule has 12 rings (SSSR count). The van der Waals surface area contributed by atoms with Crippen LogP contribution in [0.4, 0.5) is 0 Å². The smallest absolute Gasteiger partial charge is 0.677 e. The first-order valence-electron chi connectivity index (χ1n) is 40.5. The predicted molar refractivity (Wildman–Crippen MR) is 430 cm³/mol. The third-order valence-electron chi connectivity index (χ3n) is 28.8. The first-order chi connectivity index (χ1) is 45.0. The maximum absolute atomic E-state index is 7.42. The molecule has 0 aromatic heterocycles. The van der Waals surface area contributed by atoms with Crippen LogP contribution < -0.4 is 10.6 Å². The van der Waals surface area contributed by atoms with E-state index in [1.165, 1.54) is 190 Å². The summed E-state index contributed by atoms with van der Waals surface area (Å²) in [6.45, 7) is 44.4. The molecule has 10 heteroatoms. The minimum absolute atomic E-state index is 0. The Bertz CT molecular complexity index is 2550. The van der Waals surface area contributed by atoms with Crippen LogP contribution in [-0.2, 0) is 51.6 Å². The van der Waals surface area contributed by atoms with Gasteiger partial charge in [0.25, 0.3) is 0 Å². The number of benzene rings is 2. The number of hydrogen-bond acceptors (Lipinski definition) is 2. The van der Waals surface area contributed by atoms with Gasteiger partial charge in [0, 0.05) is 50.6 Å². The van der Waals surface area contributed by atoms with E-state index in [1.807, 2.05) is 0 Å². The van der Waals surface area contributed by atoms with Crippen LogP contribution in [0.2, 0.25) is 0 Å². The largest absolute Gasteiger partial charge is 2.00 e. The number of rotatable bonds is 21. The Labute approximate surface area is 650 Å². The van der Waals surface area contributed by atoms with Crippen LogP contribution in [-0.4, -0.2) is 62.5 Å². The summed E-state index contributed by atoms with van der Waals surface area (Å²) in [6.07, 6.45) is 48.9. The first-order valence-corrected chi connectivity index (χ1v) is 42.1. The van der Waals surface area contributed by atoms with Crippen LogP contribution in [0.3, 0.4) is 0 Å². The van der Waals surface area contributed by atoms with E-state index >= 15 is 0 Å². The standard InChI is InChI=1S/C43H62OP.C32H56O.2C7H13N.CH4.B.2H2O.2Pt/c1-31(2)14-13-15-32(3)39-22-23-40-38-21-20-34-30-35(24-27-42(34,5)41(38)25-28-43(39,40)6)44-29-26-33(4)45(36-16-9-7-10-17-36)37-18-11-8-12-19-37;1-22(2)9-8-10-24(5)28-13-14-29-27-12-11-25-21-26(33-20-17-23(3)4)15-18-31(25,6)30(27)16-19-32(28,29)7;2*1-6-4-2-3-5-7(6)8;;;;;;/h7-12,16-20,31-33,35,38-41H,4,13-15,21-30H2,1-3,5-6H3;11,22-24,26-30H,8-10,12-21H2,1-7H3;2*6-8H,1-5H2;1H4;;2*1H2;;/q-1;;2*-2;;;;;;+2/p+1/t32-,33?,35+,38+,39-,40+,41+,42+,43-;24-,26+,27+,28-,29+,30+,31+,32-;;;;;;;;/m11......../s1. The molecule has 0 saturated heterocycles. The van der Waals surface area contributed by atoms with Crippen molar-refractivity contribution in [3.63, 3.8) is 0 Å². The summed E-state index contributed by atoms with van der Waals surface area (Å²) < 4.78 is 13.1. The summed E-state index contributed by atoms with van der Waals surface area (Å²) in [5.41, 5.74) is 20.8. The van der Waals surface area contributed by atoms with E-state index in [4.69, 9.17) is 27.9 Å². The Morgan fingerprint density at radius 2 is 0.850 bits per heavy atom. The Hall–Kier alpha value is -0.448. The fourth-order valence-corrected chi connectivity index (χ4v) is 25.7. The average molecular weight is 1760 g/mol. The molecule has 3 radical (unpaired) electrons. The monoisotopic (exact) mass is 1760 g/mol. The topological polar surface area (TPSA) is 129 Å². The maximum atomic E-state index is 7.42. The molecular weight excluding hydrogens is 1600 g/mol. The molecule has 8 fully saturated rings. The van der Waals surface area contributed by atoms with E-state index in [0.717, 1.165) is 116 Å². The molecule has 6 nitrogen and oxygen atoms in total. The molecule has 8 saturated carbocycles. The van der Waals surface area contributed by atoms with Crippen molar-refractivity contribution in [1.29, 1.82) is 0 Å². The van der Waals surface area contributed by atoms with E-state index in [0.29, 0.717) is 51.4 Å². The number of hydrogen-bond donors (Lipinski definition) is 0.